The first-order valence-corrected chi connectivity index (χ1v) is 14.3. The summed E-state index contributed by atoms with van der Waals surface area (Å²) in [5, 5.41) is 2.89. The summed E-state index contributed by atoms with van der Waals surface area (Å²) in [6.07, 6.45) is 0. The Hall–Kier alpha value is -3.85. The van der Waals surface area contributed by atoms with Gasteiger partial charge in [-0.3, -0.25) is 13.9 Å². The van der Waals surface area contributed by atoms with Gasteiger partial charge >= 0.3 is 0 Å². The number of aryl methyl sites for hydroxylation is 1. The average molecular weight is 552 g/mol. The number of nitrogens with one attached hydrogen (secondary N) is 1. The second-order valence-electron chi connectivity index (χ2n) is 9.76. The Balaban J connectivity index is 2.05. The summed E-state index contributed by atoms with van der Waals surface area (Å²) in [6, 6.07) is 21.3. The lowest BCUT2D eigenvalue weighted by atomic mass is 10.1. The van der Waals surface area contributed by atoms with Crippen LogP contribution in [0.5, 0.6) is 5.75 Å². The van der Waals surface area contributed by atoms with Gasteiger partial charge in [-0.2, -0.15) is 0 Å². The molecule has 8 nitrogen and oxygen atoms in total. The molecule has 0 spiro atoms. The average Bonchev–Trinajstić information content (AvgIpc) is 2.94. The highest BCUT2D eigenvalue weighted by Gasteiger charge is 2.33. The number of methoxy groups -OCH3 is 1. The van der Waals surface area contributed by atoms with Crippen molar-refractivity contribution in [2.75, 3.05) is 24.5 Å². The number of rotatable bonds is 12. The second-order valence-corrected chi connectivity index (χ2v) is 11.6. The number of hydrogen-bond acceptors (Lipinski definition) is 5. The van der Waals surface area contributed by atoms with Crippen LogP contribution in [0, 0.1) is 12.8 Å². The summed E-state index contributed by atoms with van der Waals surface area (Å²) in [6.45, 7) is 7.65. The molecule has 3 rings (SSSR count). The van der Waals surface area contributed by atoms with Crippen LogP contribution in [0.4, 0.5) is 5.69 Å². The number of para-hydroxylation sites is 2. The number of anilines is 1. The molecule has 0 saturated carbocycles. The molecule has 3 aromatic rings. The molecule has 0 aliphatic rings. The molecule has 0 aliphatic heterocycles. The fourth-order valence-electron chi connectivity index (χ4n) is 4.07. The van der Waals surface area contributed by atoms with Crippen LogP contribution in [-0.4, -0.2) is 51.4 Å². The van der Waals surface area contributed by atoms with Gasteiger partial charge in [-0.15, -0.1) is 0 Å². The normalized spacial score (nSPS) is 12.1. The van der Waals surface area contributed by atoms with E-state index in [-0.39, 0.29) is 29.0 Å². The van der Waals surface area contributed by atoms with Gasteiger partial charge in [0.05, 0.1) is 17.7 Å². The molecule has 2 amide bonds. The summed E-state index contributed by atoms with van der Waals surface area (Å²) >= 11 is 0. The maximum absolute atomic E-state index is 14.0. The number of carbonyl (C=O) groups is 2. The van der Waals surface area contributed by atoms with E-state index in [4.69, 9.17) is 4.74 Å². The van der Waals surface area contributed by atoms with Crippen LogP contribution in [0.25, 0.3) is 0 Å². The van der Waals surface area contributed by atoms with Crippen molar-refractivity contribution in [1.29, 1.82) is 0 Å². The van der Waals surface area contributed by atoms with E-state index in [1.54, 1.807) is 49.4 Å². The summed E-state index contributed by atoms with van der Waals surface area (Å²) < 4.78 is 34.3. The summed E-state index contributed by atoms with van der Waals surface area (Å²) in [7, 11) is -2.71. The second kappa shape index (κ2) is 13.3. The predicted molar refractivity (Wildman–Crippen MR) is 153 cm³/mol. The quantitative estimate of drug-likeness (QED) is 0.360. The van der Waals surface area contributed by atoms with E-state index >= 15 is 0 Å². The zero-order valence-electron chi connectivity index (χ0n) is 23.1. The molecule has 0 bridgehead atoms. The van der Waals surface area contributed by atoms with Crippen LogP contribution in [-0.2, 0) is 26.2 Å². The number of sulfonamides is 1. The van der Waals surface area contributed by atoms with Crippen molar-refractivity contribution in [2.24, 2.45) is 5.92 Å². The van der Waals surface area contributed by atoms with E-state index in [1.807, 2.05) is 45.0 Å². The SMILES string of the molecule is COc1ccccc1N(CC(=O)N(Cc1ccccc1C)C(C)C(=O)NCC(C)C)S(=O)(=O)c1ccccc1. The maximum Gasteiger partial charge on any atom is 0.264 e. The zero-order chi connectivity index (χ0) is 28.6. The van der Waals surface area contributed by atoms with Crippen molar-refractivity contribution in [3.05, 3.63) is 90.0 Å². The molecule has 39 heavy (non-hydrogen) atoms. The molecule has 0 aromatic heterocycles. The minimum atomic E-state index is -4.16. The highest BCUT2D eigenvalue weighted by atomic mass is 32.2. The van der Waals surface area contributed by atoms with E-state index in [0.717, 1.165) is 15.4 Å². The molecular formula is C30H37N3O5S. The Morgan fingerprint density at radius 3 is 2.15 bits per heavy atom. The minimum absolute atomic E-state index is 0.0388. The topological polar surface area (TPSA) is 96.0 Å². The highest BCUT2D eigenvalue weighted by Crippen LogP contribution is 2.32. The third kappa shape index (κ3) is 7.38. The first kappa shape index (κ1) is 29.7. The fourth-order valence-corrected chi connectivity index (χ4v) is 5.52. The molecule has 1 atom stereocenters. The first-order chi connectivity index (χ1) is 18.6. The van der Waals surface area contributed by atoms with E-state index in [2.05, 4.69) is 5.32 Å². The van der Waals surface area contributed by atoms with Crippen molar-refractivity contribution in [1.82, 2.24) is 10.2 Å². The van der Waals surface area contributed by atoms with E-state index in [9.17, 15) is 18.0 Å². The van der Waals surface area contributed by atoms with Crippen LogP contribution < -0.4 is 14.4 Å². The van der Waals surface area contributed by atoms with E-state index in [0.29, 0.717) is 12.3 Å². The summed E-state index contributed by atoms with van der Waals surface area (Å²) in [4.78, 5) is 28.6. The van der Waals surface area contributed by atoms with Crippen LogP contribution in [0.1, 0.15) is 31.9 Å². The Kier molecular flexibility index (Phi) is 10.1. The number of hydrogen-bond donors (Lipinski definition) is 1. The van der Waals surface area contributed by atoms with Crippen molar-refractivity contribution in [3.63, 3.8) is 0 Å². The van der Waals surface area contributed by atoms with E-state index in [1.165, 1.54) is 24.1 Å². The molecule has 0 radical (unpaired) electrons. The van der Waals surface area contributed by atoms with Gasteiger partial charge in [0, 0.05) is 13.1 Å². The van der Waals surface area contributed by atoms with Gasteiger partial charge in [0.1, 0.15) is 18.3 Å². The number of amides is 2. The lowest BCUT2D eigenvalue weighted by Gasteiger charge is -2.32. The van der Waals surface area contributed by atoms with Crippen molar-refractivity contribution in [3.8, 4) is 5.75 Å². The maximum atomic E-state index is 14.0. The largest absolute Gasteiger partial charge is 0.495 e. The fraction of sp³-hybridized carbons (Fsp3) is 0.333. The minimum Gasteiger partial charge on any atom is -0.495 e. The third-order valence-electron chi connectivity index (χ3n) is 6.42. The molecular weight excluding hydrogens is 514 g/mol. The molecule has 3 aromatic carbocycles. The van der Waals surface area contributed by atoms with Gasteiger partial charge in [-0.05, 0) is 55.2 Å². The van der Waals surface area contributed by atoms with Crippen LogP contribution in [0.15, 0.2) is 83.8 Å². The lowest BCUT2D eigenvalue weighted by molar-refractivity contribution is -0.139. The third-order valence-corrected chi connectivity index (χ3v) is 8.19. The van der Waals surface area contributed by atoms with Crippen molar-refractivity contribution < 1.29 is 22.7 Å². The van der Waals surface area contributed by atoms with Gasteiger partial charge in [0.2, 0.25) is 11.8 Å². The zero-order valence-corrected chi connectivity index (χ0v) is 23.9. The monoisotopic (exact) mass is 551 g/mol. The molecule has 1 N–H and O–H groups in total. The van der Waals surface area contributed by atoms with Gasteiger partial charge < -0.3 is 15.0 Å². The number of carbonyl (C=O) groups excluding carboxylic acids is 2. The smallest absolute Gasteiger partial charge is 0.264 e. The summed E-state index contributed by atoms with van der Waals surface area (Å²) in [5.74, 6) is -0.284. The van der Waals surface area contributed by atoms with Gasteiger partial charge in [-0.25, -0.2) is 8.42 Å². The molecule has 0 fully saturated rings. The van der Waals surface area contributed by atoms with Crippen LogP contribution >= 0.6 is 0 Å². The molecule has 0 saturated heterocycles. The van der Waals surface area contributed by atoms with E-state index < -0.39 is 28.5 Å². The molecule has 9 heteroatoms. The number of ether oxygens (including phenoxy) is 1. The predicted octanol–water partition coefficient (Wildman–Crippen LogP) is 4.39. The summed E-state index contributed by atoms with van der Waals surface area (Å²) in [5.41, 5.74) is 2.05. The molecule has 0 aliphatic carbocycles. The Bertz CT molecular complexity index is 1380. The van der Waals surface area contributed by atoms with Crippen LogP contribution in [0.3, 0.4) is 0 Å². The number of benzene rings is 3. The van der Waals surface area contributed by atoms with Gasteiger partial charge in [0.25, 0.3) is 10.0 Å². The molecule has 1 unspecified atom stereocenters. The van der Waals surface area contributed by atoms with Crippen molar-refractivity contribution >= 4 is 27.5 Å². The molecule has 0 heterocycles. The standard InChI is InChI=1S/C30H37N3O5S/c1-22(2)19-31-30(35)24(4)32(20-25-14-10-9-13-23(25)3)29(34)21-33(27-17-11-12-18-28(27)38-5)39(36,37)26-15-7-6-8-16-26/h6-18,22,24H,19-21H2,1-5H3,(H,31,35). The first-order valence-electron chi connectivity index (χ1n) is 12.9. The highest BCUT2D eigenvalue weighted by molar-refractivity contribution is 7.92. The Morgan fingerprint density at radius 1 is 0.897 bits per heavy atom. The van der Waals surface area contributed by atoms with Crippen LogP contribution in [0.2, 0.25) is 0 Å². The molecule has 208 valence electrons. The van der Waals surface area contributed by atoms with Gasteiger partial charge in [-0.1, -0.05) is 68.4 Å². The Morgan fingerprint density at radius 2 is 1.51 bits per heavy atom. The Labute approximate surface area is 231 Å². The van der Waals surface area contributed by atoms with Crippen molar-refractivity contribution in [2.45, 2.75) is 45.2 Å². The lowest BCUT2D eigenvalue weighted by Crippen LogP contribution is -2.51. The number of nitrogens with zero attached hydrogens (tertiary/aromatic N) is 2. The van der Waals surface area contributed by atoms with Gasteiger partial charge in [0.15, 0.2) is 0 Å².